The number of aliphatic hydroxyl groups excluding tert-OH is 1. The second-order valence-corrected chi connectivity index (χ2v) is 19.8. The van der Waals surface area contributed by atoms with Crippen LogP contribution in [0.1, 0.15) is 144 Å². The van der Waals surface area contributed by atoms with Gasteiger partial charge < -0.3 is 29.0 Å². The Bertz CT molecular complexity index is 2110. The zero-order valence-electron chi connectivity index (χ0n) is 36.7. The van der Waals surface area contributed by atoms with Gasteiger partial charge in [-0.2, -0.15) is 13.2 Å². The number of benzene rings is 2. The number of carbonyl (C=O) groups excluding carboxylic acids is 2. The van der Waals surface area contributed by atoms with Crippen molar-refractivity contribution in [3.63, 3.8) is 0 Å². The van der Waals surface area contributed by atoms with Gasteiger partial charge in [0.1, 0.15) is 11.9 Å². The molecule has 5 aliphatic rings. The first kappa shape index (κ1) is 46.4. The number of allylic oxidation sites excluding steroid dienone is 2. The van der Waals surface area contributed by atoms with Gasteiger partial charge in [-0.05, 0) is 149 Å². The Balaban J connectivity index is 1.26. The van der Waals surface area contributed by atoms with E-state index in [9.17, 15) is 33.0 Å². The summed E-state index contributed by atoms with van der Waals surface area (Å²) >= 11 is 6.37. The number of hydrogen-bond donors (Lipinski definition) is 2. The van der Waals surface area contributed by atoms with Gasteiger partial charge in [0, 0.05) is 23.1 Å². The number of fused-ring (bicyclic) bond motifs is 8. The summed E-state index contributed by atoms with van der Waals surface area (Å²) in [7, 11) is 0. The molecule has 1 amide bonds. The van der Waals surface area contributed by atoms with Gasteiger partial charge in [-0.3, -0.25) is 4.79 Å². The Kier molecular flexibility index (Phi) is 14.1. The van der Waals surface area contributed by atoms with Crippen molar-refractivity contribution in [3.05, 3.63) is 93.2 Å². The molecule has 4 aliphatic carbocycles. The Hall–Kier alpha value is -3.64. The van der Waals surface area contributed by atoms with Crippen LogP contribution in [0.25, 0.3) is 11.3 Å². The van der Waals surface area contributed by atoms with Gasteiger partial charge in [-0.1, -0.05) is 69.5 Å². The highest BCUT2D eigenvalue weighted by atomic mass is 35.5. The Morgan fingerprint density at radius 1 is 1.03 bits per heavy atom. The summed E-state index contributed by atoms with van der Waals surface area (Å²) < 4.78 is 59.6. The van der Waals surface area contributed by atoms with Crippen molar-refractivity contribution in [3.8, 4) is 11.3 Å². The van der Waals surface area contributed by atoms with Crippen LogP contribution in [0.15, 0.2) is 64.6 Å². The number of rotatable bonds is 9. The van der Waals surface area contributed by atoms with Gasteiger partial charge in [-0.25, -0.2) is 4.79 Å². The van der Waals surface area contributed by atoms with Crippen molar-refractivity contribution in [2.24, 2.45) is 23.2 Å². The first-order chi connectivity index (χ1) is 29.3. The molecule has 1 saturated heterocycles. The van der Waals surface area contributed by atoms with Crippen LogP contribution in [-0.4, -0.2) is 70.6 Å². The summed E-state index contributed by atoms with van der Waals surface area (Å²) in [6, 6.07) is 11.5. The lowest BCUT2D eigenvalue weighted by Crippen LogP contribution is -2.55. The molecule has 0 radical (unpaired) electrons. The van der Waals surface area contributed by atoms with Crippen molar-refractivity contribution < 1.29 is 46.9 Å². The topological polar surface area (TPSA) is 109 Å². The van der Waals surface area contributed by atoms with Crippen molar-refractivity contribution in [1.82, 2.24) is 4.90 Å². The summed E-state index contributed by atoms with van der Waals surface area (Å²) in [5.41, 5.74) is -0.211. The van der Waals surface area contributed by atoms with Gasteiger partial charge in [0.15, 0.2) is 5.76 Å². The molecule has 2 heterocycles. The molecule has 1 aliphatic heterocycles. The van der Waals surface area contributed by atoms with E-state index in [1.807, 2.05) is 12.1 Å². The predicted octanol–water partition coefficient (Wildman–Crippen LogP) is 12.0. The molecular weight excluding hydrogens is 819 g/mol. The first-order valence-corrected chi connectivity index (χ1v) is 23.0. The van der Waals surface area contributed by atoms with Crippen LogP contribution < -0.4 is 0 Å². The number of hydrogen-bond acceptors (Lipinski definition) is 7. The molecule has 0 spiro atoms. The maximum atomic E-state index is 14.8. The highest BCUT2D eigenvalue weighted by Crippen LogP contribution is 2.59. The number of halogens is 4. The van der Waals surface area contributed by atoms with Crippen molar-refractivity contribution in [2.75, 3.05) is 19.7 Å². The Labute approximate surface area is 369 Å². The molecule has 12 heteroatoms. The van der Waals surface area contributed by atoms with Crippen LogP contribution in [0, 0.1) is 23.2 Å². The van der Waals surface area contributed by atoms with E-state index in [-0.39, 0.29) is 52.7 Å². The van der Waals surface area contributed by atoms with Crippen molar-refractivity contribution >= 4 is 23.5 Å². The van der Waals surface area contributed by atoms with Gasteiger partial charge in [0.2, 0.25) is 5.78 Å². The molecule has 2 aromatic carbocycles. The van der Waals surface area contributed by atoms with E-state index in [4.69, 9.17) is 25.5 Å². The number of ketones is 1. The summed E-state index contributed by atoms with van der Waals surface area (Å²) in [4.78, 5) is 30.9. The first-order valence-electron chi connectivity index (χ1n) is 22.6. The molecule has 1 aromatic heterocycles. The van der Waals surface area contributed by atoms with Crippen LogP contribution in [0.2, 0.25) is 5.02 Å². The minimum absolute atomic E-state index is 0.00712. The number of furan rings is 1. The van der Waals surface area contributed by atoms with Crippen LogP contribution in [0.5, 0.6) is 0 Å². The fourth-order valence-electron chi connectivity index (χ4n) is 10.8. The number of alkyl halides is 3. The van der Waals surface area contributed by atoms with Crippen LogP contribution >= 0.6 is 11.6 Å². The maximum absolute atomic E-state index is 14.8. The van der Waals surface area contributed by atoms with E-state index in [0.717, 1.165) is 61.4 Å². The van der Waals surface area contributed by atoms with Gasteiger partial charge >= 0.3 is 12.3 Å². The van der Waals surface area contributed by atoms with Crippen LogP contribution in [0.4, 0.5) is 18.0 Å². The van der Waals surface area contributed by atoms with E-state index >= 15 is 0 Å². The molecule has 8 nitrogen and oxygen atoms in total. The number of amides is 1. The van der Waals surface area contributed by atoms with Crippen molar-refractivity contribution in [1.29, 1.82) is 0 Å². The van der Waals surface area contributed by atoms with E-state index < -0.39 is 40.7 Å². The molecule has 8 atom stereocenters. The zero-order valence-corrected chi connectivity index (χ0v) is 37.5. The third kappa shape index (κ3) is 10.0. The molecule has 2 N–H and O–H groups in total. The highest BCUT2D eigenvalue weighted by Gasteiger charge is 2.58. The average molecular weight is 883 g/mol. The predicted molar refractivity (Wildman–Crippen MR) is 233 cm³/mol. The molecule has 8 rings (SSSR count). The minimum atomic E-state index is -4.61. The molecule has 3 aromatic rings. The molecular formula is C50H63ClF3NO7. The second-order valence-electron chi connectivity index (χ2n) is 19.4. The molecule has 62 heavy (non-hydrogen) atoms. The smallest absolute Gasteiger partial charge is 0.416 e. The van der Waals surface area contributed by atoms with Crippen molar-refractivity contribution in [2.45, 2.75) is 148 Å². The van der Waals surface area contributed by atoms with E-state index in [2.05, 4.69) is 40.7 Å². The summed E-state index contributed by atoms with van der Waals surface area (Å²) in [6.45, 7) is 11.6. The van der Waals surface area contributed by atoms with Gasteiger partial charge in [0.05, 0.1) is 41.5 Å². The normalized spacial score (nSPS) is 29.6. The lowest BCUT2D eigenvalue weighted by atomic mass is 9.64. The van der Waals surface area contributed by atoms with E-state index in [1.165, 1.54) is 12.1 Å². The lowest BCUT2D eigenvalue weighted by molar-refractivity contribution is -0.137. The summed E-state index contributed by atoms with van der Waals surface area (Å²) in [6.07, 6.45) is 4.22. The number of nitrogens with zero attached hydrogens (tertiary/aromatic N) is 1. The minimum Gasteiger partial charge on any atom is -0.453 e. The largest absolute Gasteiger partial charge is 0.453 e. The monoisotopic (exact) mass is 881 g/mol. The Morgan fingerprint density at radius 2 is 1.82 bits per heavy atom. The van der Waals surface area contributed by atoms with Crippen LogP contribution in [0.3, 0.4) is 0 Å². The fraction of sp³-hybridized carbons (Fsp3) is 0.600. The summed E-state index contributed by atoms with van der Waals surface area (Å²) in [5, 5.41) is 24.4. The third-order valence-electron chi connectivity index (χ3n) is 14.7. The Morgan fingerprint density at radius 3 is 2.55 bits per heavy atom. The zero-order chi connectivity index (χ0) is 44.6. The second kappa shape index (κ2) is 18.8. The SMILES string of the molecule is CC1=CCC[C@@]2(C)[C@@H](CC[C@@]2(O)CN(C[C@H]2CCCO2)C(=O)O[C@H]2C[C@@H](C)CC[C@@H]2C(C)C)c2ccc(cc2C(=O)c2ccc(-c3cc(C(F)(F)F)ccc3Cl)o2)C[C@@H](O)CC1. The molecule has 2 saturated carbocycles. The number of aliphatic hydroxyl groups is 2. The maximum Gasteiger partial charge on any atom is 0.416 e. The van der Waals surface area contributed by atoms with E-state index in [0.29, 0.717) is 81.1 Å². The average Bonchev–Trinajstić information content (AvgIpc) is 3.97. The highest BCUT2D eigenvalue weighted by molar-refractivity contribution is 6.33. The lowest BCUT2D eigenvalue weighted by Gasteiger charge is -2.46. The summed E-state index contributed by atoms with van der Waals surface area (Å²) in [5.74, 6) is 0.150. The van der Waals surface area contributed by atoms with Crippen LogP contribution in [-0.2, 0) is 22.1 Å². The third-order valence-corrected chi connectivity index (χ3v) is 15.0. The molecule has 0 unspecified atom stereocenters. The molecule has 3 fully saturated rings. The fourth-order valence-corrected chi connectivity index (χ4v) is 11.0. The number of carbonyl (C=O) groups is 2. The quantitative estimate of drug-likeness (QED) is 0.163. The van der Waals surface area contributed by atoms with E-state index in [1.54, 1.807) is 11.0 Å². The standard InChI is InChI=1S/C50H63ClF3NO7/c1-30(2)37-15-11-32(4)24-45(37)62-47(58)55(28-36-9-7-23-60-36)29-49(59)22-20-41-38-16-12-33(25-35(56)14-10-31(3)8-6-21-48(41,49)5)26-39(38)46(57)44-19-18-43(61-44)40-27-34(50(52,53)54)13-17-42(40)51/h8,12-13,16-19,26-27,30,32,35-37,41,45,56,59H,6-7,9-11,14-15,20-25,28-29H2,1-5H3/t32-,35-,36+,37+,41-,45-,48-,49+/m0/s1. The number of ether oxygens (including phenoxy) is 2. The molecule has 338 valence electrons. The molecule has 2 bridgehead atoms. The van der Waals surface area contributed by atoms with Gasteiger partial charge in [0.25, 0.3) is 0 Å². The van der Waals surface area contributed by atoms with Gasteiger partial charge in [-0.15, -0.1) is 0 Å².